The fourth-order valence-electron chi connectivity index (χ4n) is 1.28. The number of azide groups is 1. The number of benzene rings is 1. The molecule has 0 bridgehead atoms. The summed E-state index contributed by atoms with van der Waals surface area (Å²) in [5.41, 5.74) is 8.91. The number of likely N-dealkylation sites (N-methyl/N-ethyl adjacent to an activating group) is 1. The Morgan fingerprint density at radius 2 is 1.76 bits per heavy atom. The first-order valence-corrected chi connectivity index (χ1v) is 4.92. The van der Waals surface area contributed by atoms with E-state index in [-0.39, 0.29) is 11.3 Å². The maximum atomic E-state index is 11.7. The number of amides is 1. The lowest BCUT2D eigenvalue weighted by Crippen LogP contribution is -2.21. The van der Waals surface area contributed by atoms with Crippen LogP contribution in [-0.4, -0.2) is 37.2 Å². The molecule has 0 unspecified atom stereocenters. The largest absolute Gasteiger partial charge is 0.302 e. The molecular weight excluding hydrogens is 220 g/mol. The standard InChI is InChI=1S/C11H12N4O2/c1-15(2)7-10(16)8-3-5-9(6-4-8)11(17)13-14-12/h3-6H,7H2,1-2H3. The summed E-state index contributed by atoms with van der Waals surface area (Å²) in [4.78, 5) is 27.0. The Morgan fingerprint density at radius 3 is 2.24 bits per heavy atom. The van der Waals surface area contributed by atoms with Crippen molar-refractivity contribution in [3.8, 4) is 0 Å². The van der Waals surface area contributed by atoms with Gasteiger partial charge >= 0.3 is 0 Å². The van der Waals surface area contributed by atoms with Gasteiger partial charge in [-0.3, -0.25) is 9.59 Å². The molecule has 0 N–H and O–H groups in total. The number of carbonyl (C=O) groups is 2. The van der Waals surface area contributed by atoms with Crippen molar-refractivity contribution in [2.24, 2.45) is 5.11 Å². The third-order valence-corrected chi connectivity index (χ3v) is 2.05. The van der Waals surface area contributed by atoms with Crippen molar-refractivity contribution >= 4 is 11.7 Å². The molecule has 0 saturated heterocycles. The van der Waals surface area contributed by atoms with Gasteiger partial charge in [0.25, 0.3) is 0 Å². The third-order valence-electron chi connectivity index (χ3n) is 2.05. The smallest absolute Gasteiger partial charge is 0.249 e. The van der Waals surface area contributed by atoms with Crippen LogP contribution < -0.4 is 0 Å². The first-order chi connectivity index (χ1) is 8.04. The number of Topliss-reactive ketones (excluding diaryl/α,β-unsaturated/α-hetero) is 1. The van der Waals surface area contributed by atoms with Crippen LogP contribution >= 0.6 is 0 Å². The highest BCUT2D eigenvalue weighted by Gasteiger charge is 2.08. The molecule has 17 heavy (non-hydrogen) atoms. The summed E-state index contributed by atoms with van der Waals surface area (Å²) in [6.07, 6.45) is 0. The summed E-state index contributed by atoms with van der Waals surface area (Å²) in [5, 5.41) is 2.97. The van der Waals surface area contributed by atoms with Crippen LogP contribution in [0.2, 0.25) is 0 Å². The van der Waals surface area contributed by atoms with Gasteiger partial charge < -0.3 is 4.90 Å². The molecule has 1 amide bonds. The molecule has 0 fully saturated rings. The maximum Gasteiger partial charge on any atom is 0.249 e. The second kappa shape index (κ2) is 5.79. The topological polar surface area (TPSA) is 86.1 Å². The van der Waals surface area contributed by atoms with Gasteiger partial charge in [0.2, 0.25) is 5.91 Å². The van der Waals surface area contributed by atoms with Crippen LogP contribution in [-0.2, 0) is 0 Å². The third kappa shape index (κ3) is 3.71. The van der Waals surface area contributed by atoms with Crippen LogP contribution in [0.5, 0.6) is 0 Å². The fraction of sp³-hybridized carbons (Fsp3) is 0.273. The van der Waals surface area contributed by atoms with E-state index < -0.39 is 5.91 Å². The number of hydrogen-bond donors (Lipinski definition) is 0. The van der Waals surface area contributed by atoms with Crippen molar-refractivity contribution in [2.45, 2.75) is 0 Å². The molecule has 88 valence electrons. The molecule has 1 aromatic rings. The zero-order valence-corrected chi connectivity index (χ0v) is 9.62. The Labute approximate surface area is 98.5 Å². The summed E-state index contributed by atoms with van der Waals surface area (Å²) in [7, 11) is 3.61. The highest BCUT2D eigenvalue weighted by Crippen LogP contribution is 2.07. The Morgan fingerprint density at radius 1 is 1.24 bits per heavy atom. The molecule has 0 atom stereocenters. The number of carbonyl (C=O) groups excluding carboxylic acids is 2. The molecule has 1 aromatic carbocycles. The van der Waals surface area contributed by atoms with Gasteiger partial charge in [0.05, 0.1) is 6.54 Å². The molecule has 0 aliphatic heterocycles. The zero-order valence-electron chi connectivity index (χ0n) is 9.62. The molecule has 1 rings (SSSR count). The number of hydrogen-bond acceptors (Lipinski definition) is 3. The van der Waals surface area contributed by atoms with Crippen molar-refractivity contribution in [3.05, 3.63) is 45.8 Å². The second-order valence-electron chi connectivity index (χ2n) is 3.73. The van der Waals surface area contributed by atoms with Gasteiger partial charge in [0.15, 0.2) is 5.78 Å². The van der Waals surface area contributed by atoms with E-state index in [4.69, 9.17) is 5.53 Å². The van der Waals surface area contributed by atoms with E-state index in [1.54, 1.807) is 31.1 Å². The first kappa shape index (κ1) is 12.9. The summed E-state index contributed by atoms with van der Waals surface area (Å²) in [5.74, 6) is -0.683. The van der Waals surface area contributed by atoms with E-state index in [9.17, 15) is 9.59 Å². The predicted molar refractivity (Wildman–Crippen MR) is 62.8 cm³/mol. The van der Waals surface area contributed by atoms with E-state index in [0.717, 1.165) is 0 Å². The minimum atomic E-state index is -0.654. The Balaban J connectivity index is 2.84. The number of ketones is 1. The lowest BCUT2D eigenvalue weighted by atomic mass is 10.1. The molecule has 0 saturated carbocycles. The van der Waals surface area contributed by atoms with Gasteiger partial charge in [-0.2, -0.15) is 0 Å². The fourth-order valence-corrected chi connectivity index (χ4v) is 1.28. The Bertz CT molecular complexity index is 473. The van der Waals surface area contributed by atoms with Crippen molar-refractivity contribution in [3.63, 3.8) is 0 Å². The number of nitrogens with zero attached hydrogens (tertiary/aromatic N) is 4. The van der Waals surface area contributed by atoms with Gasteiger partial charge in [-0.05, 0) is 24.7 Å². The maximum absolute atomic E-state index is 11.7. The van der Waals surface area contributed by atoms with Crippen molar-refractivity contribution in [1.82, 2.24) is 4.90 Å². The van der Waals surface area contributed by atoms with Gasteiger partial charge in [-0.1, -0.05) is 24.3 Å². The van der Waals surface area contributed by atoms with Gasteiger partial charge in [-0.25, -0.2) is 0 Å². The predicted octanol–water partition coefficient (Wildman–Crippen LogP) is 1.88. The molecule has 0 aliphatic carbocycles. The first-order valence-electron chi connectivity index (χ1n) is 4.92. The minimum absolute atomic E-state index is 0.0298. The van der Waals surface area contributed by atoms with E-state index in [2.05, 4.69) is 10.0 Å². The van der Waals surface area contributed by atoms with Crippen LogP contribution in [0.1, 0.15) is 20.7 Å². The average Bonchev–Trinajstić information content (AvgIpc) is 2.28. The highest BCUT2D eigenvalue weighted by atomic mass is 16.1. The summed E-state index contributed by atoms with van der Waals surface area (Å²) in [6, 6.07) is 6.04. The Hall–Kier alpha value is -2.17. The lowest BCUT2D eigenvalue weighted by Gasteiger charge is -2.08. The minimum Gasteiger partial charge on any atom is -0.302 e. The quantitative estimate of drug-likeness (QED) is 0.343. The average molecular weight is 232 g/mol. The van der Waals surface area contributed by atoms with Gasteiger partial charge in [-0.15, -0.1) is 0 Å². The summed E-state index contributed by atoms with van der Waals surface area (Å²) >= 11 is 0. The van der Waals surface area contributed by atoms with Gasteiger partial charge in [0, 0.05) is 16.0 Å². The van der Waals surface area contributed by atoms with Gasteiger partial charge in [0.1, 0.15) is 0 Å². The van der Waals surface area contributed by atoms with E-state index >= 15 is 0 Å². The van der Waals surface area contributed by atoms with Crippen molar-refractivity contribution in [1.29, 1.82) is 0 Å². The molecule has 6 nitrogen and oxygen atoms in total. The van der Waals surface area contributed by atoms with Crippen molar-refractivity contribution in [2.75, 3.05) is 20.6 Å². The van der Waals surface area contributed by atoms with Crippen LogP contribution in [0.25, 0.3) is 10.4 Å². The summed E-state index contributed by atoms with van der Waals surface area (Å²) in [6.45, 7) is 0.309. The Kier molecular flexibility index (Phi) is 4.39. The van der Waals surface area contributed by atoms with Crippen LogP contribution in [0, 0.1) is 0 Å². The second-order valence-corrected chi connectivity index (χ2v) is 3.73. The molecule has 6 heteroatoms. The SMILES string of the molecule is CN(C)CC(=O)c1ccc(C(=O)N=[N+]=[N-])cc1. The van der Waals surface area contributed by atoms with E-state index in [1.165, 1.54) is 12.1 Å². The van der Waals surface area contributed by atoms with Crippen LogP contribution in [0.3, 0.4) is 0 Å². The molecule has 0 aromatic heterocycles. The zero-order chi connectivity index (χ0) is 12.8. The molecular formula is C11H12N4O2. The van der Waals surface area contributed by atoms with Crippen LogP contribution in [0.15, 0.2) is 29.4 Å². The highest BCUT2D eigenvalue weighted by molar-refractivity contribution is 5.99. The molecule has 0 aliphatic rings. The van der Waals surface area contributed by atoms with Crippen LogP contribution in [0.4, 0.5) is 0 Å². The number of rotatable bonds is 4. The van der Waals surface area contributed by atoms with Crippen molar-refractivity contribution < 1.29 is 9.59 Å². The summed E-state index contributed by atoms with van der Waals surface area (Å²) < 4.78 is 0. The lowest BCUT2D eigenvalue weighted by molar-refractivity contribution is 0.0955. The molecule has 0 heterocycles. The molecule has 0 radical (unpaired) electrons. The normalized spacial score (nSPS) is 9.82. The monoisotopic (exact) mass is 232 g/mol. The molecule has 0 spiro atoms. The van der Waals surface area contributed by atoms with E-state index in [0.29, 0.717) is 12.1 Å². The van der Waals surface area contributed by atoms with E-state index in [1.807, 2.05) is 0 Å².